The van der Waals surface area contributed by atoms with Crippen LogP contribution in [0.2, 0.25) is 0 Å². The van der Waals surface area contributed by atoms with Gasteiger partial charge in [-0.1, -0.05) is 63.8 Å². The van der Waals surface area contributed by atoms with Gasteiger partial charge in [-0.25, -0.2) is 18.1 Å². The molecule has 4 aromatic rings. The number of anilines is 2. The van der Waals surface area contributed by atoms with E-state index in [2.05, 4.69) is 64.1 Å². The van der Waals surface area contributed by atoms with Gasteiger partial charge < -0.3 is 19.9 Å². The molecule has 14 heteroatoms. The molecule has 7 rings (SSSR count). The summed E-state index contributed by atoms with van der Waals surface area (Å²) >= 11 is 0. The SMILES string of the molecule is C=C(CC)CCC1=C(CN2CCN(c3ccc(C(=O)NS(=O)(=O)c4ccc(NC[C@H]5CC[C@@H](C)CC5)c([N+](=O)[O-])c4)c(Oc4cnc5[nH]ccc5c4)c3)CC2)CCC(C)(C)C1. The number of hydrogen-bond donors (Lipinski definition) is 3. The molecule has 2 aliphatic carbocycles. The van der Waals surface area contributed by atoms with Gasteiger partial charge >= 0.3 is 0 Å². The lowest BCUT2D eigenvalue weighted by atomic mass is 9.73. The number of nitro benzene ring substituents is 1. The zero-order valence-electron chi connectivity index (χ0n) is 36.1. The highest BCUT2D eigenvalue weighted by Gasteiger charge is 2.30. The summed E-state index contributed by atoms with van der Waals surface area (Å²) in [6.07, 6.45) is 14.2. The standard InChI is InChI=1S/C47H61N7O6S/c1-6-32(2)9-12-36-28-47(4,5)19-17-37(36)31-52-21-23-53(24-22-52)38-13-15-41(44(26-38)60-39-25-35-18-20-48-45(35)50-30-39)46(55)51-61(58,59)40-14-16-42(43(27-40)54(56)57)49-29-34-10-7-33(3)8-11-34/h13-16,18,20,25-27,30,33-34,49H,2,6-12,17,19,21-24,28-29,31H2,1,3-5H3,(H,48,50)(H,51,55)/t33-,34+. The molecule has 0 atom stereocenters. The third-order valence-electron chi connectivity index (χ3n) is 13.0. The number of carbonyl (C=O) groups is 1. The van der Waals surface area contributed by atoms with Crippen molar-refractivity contribution in [1.82, 2.24) is 19.6 Å². The van der Waals surface area contributed by atoms with E-state index < -0.39 is 25.7 Å². The van der Waals surface area contributed by atoms with Crippen LogP contribution in [0.15, 0.2) is 89.1 Å². The summed E-state index contributed by atoms with van der Waals surface area (Å²) in [5.41, 5.74) is 6.17. The fraction of sp³-hybridized carbons (Fsp3) is 0.489. The number of ether oxygens (including phenoxy) is 1. The molecule has 13 nitrogen and oxygen atoms in total. The average Bonchev–Trinajstić information content (AvgIpc) is 3.71. The second-order valence-electron chi connectivity index (χ2n) is 18.2. The minimum absolute atomic E-state index is 0.0137. The predicted molar refractivity (Wildman–Crippen MR) is 242 cm³/mol. The fourth-order valence-electron chi connectivity index (χ4n) is 8.94. The molecule has 0 unspecified atom stereocenters. The molecule has 0 spiro atoms. The van der Waals surface area contributed by atoms with E-state index in [1.165, 1.54) is 24.1 Å². The van der Waals surface area contributed by atoms with E-state index in [0.717, 1.165) is 108 Å². The summed E-state index contributed by atoms with van der Waals surface area (Å²) in [5.74, 6) is 0.658. The normalized spacial score (nSPS) is 19.8. The number of benzene rings is 2. The zero-order valence-corrected chi connectivity index (χ0v) is 36.9. The number of allylic oxidation sites excluding steroid dienone is 2. The Morgan fingerprint density at radius 2 is 1.82 bits per heavy atom. The van der Waals surface area contributed by atoms with Crippen molar-refractivity contribution < 1.29 is 22.9 Å². The second kappa shape index (κ2) is 18.8. The number of aromatic nitrogens is 2. The van der Waals surface area contributed by atoms with E-state index in [1.807, 2.05) is 6.07 Å². The van der Waals surface area contributed by atoms with Gasteiger partial charge in [0, 0.05) is 68.7 Å². The topological polar surface area (TPSA) is 163 Å². The van der Waals surface area contributed by atoms with Crippen LogP contribution in [0.3, 0.4) is 0 Å². The number of hydrogen-bond acceptors (Lipinski definition) is 10. The molecule has 3 aliphatic rings. The number of rotatable bonds is 16. The van der Waals surface area contributed by atoms with Gasteiger partial charge in [0.05, 0.1) is 21.6 Å². The molecule has 61 heavy (non-hydrogen) atoms. The fourth-order valence-corrected chi connectivity index (χ4v) is 9.92. The minimum atomic E-state index is -4.53. The average molecular weight is 852 g/mol. The van der Waals surface area contributed by atoms with E-state index in [4.69, 9.17) is 4.74 Å². The quantitative estimate of drug-likeness (QED) is 0.0562. The number of aromatic amines is 1. The maximum atomic E-state index is 13.9. The Morgan fingerprint density at radius 3 is 2.56 bits per heavy atom. The van der Waals surface area contributed by atoms with E-state index >= 15 is 0 Å². The second-order valence-corrected chi connectivity index (χ2v) is 19.8. The predicted octanol–water partition coefficient (Wildman–Crippen LogP) is 10.00. The molecular weight excluding hydrogens is 791 g/mol. The number of carbonyl (C=O) groups excluding carboxylic acids is 1. The van der Waals surface area contributed by atoms with Gasteiger partial charge in [0.15, 0.2) is 0 Å². The van der Waals surface area contributed by atoms with Crippen LogP contribution in [0.1, 0.15) is 102 Å². The van der Waals surface area contributed by atoms with Crippen LogP contribution in [0, 0.1) is 27.4 Å². The van der Waals surface area contributed by atoms with Gasteiger partial charge in [-0.3, -0.25) is 19.8 Å². The molecule has 1 saturated carbocycles. The smallest absolute Gasteiger partial charge is 0.293 e. The van der Waals surface area contributed by atoms with E-state index in [0.29, 0.717) is 35.2 Å². The Labute approximate surface area is 360 Å². The zero-order chi connectivity index (χ0) is 43.3. The number of fused-ring (bicyclic) bond motifs is 1. The van der Waals surface area contributed by atoms with Crippen LogP contribution in [-0.4, -0.2) is 73.4 Å². The molecule has 1 amide bonds. The molecule has 3 N–H and O–H groups in total. The van der Waals surface area contributed by atoms with Crippen molar-refractivity contribution in [3.05, 3.63) is 99.9 Å². The molecule has 0 bridgehead atoms. The molecule has 1 aliphatic heterocycles. The molecular formula is C47H61N7O6S. The van der Waals surface area contributed by atoms with Gasteiger partial charge in [-0.05, 0) is 105 Å². The van der Waals surface area contributed by atoms with Gasteiger partial charge in [-0.15, -0.1) is 0 Å². The van der Waals surface area contributed by atoms with Crippen LogP contribution in [0.5, 0.6) is 11.5 Å². The number of amides is 1. The Bertz CT molecular complexity index is 2390. The van der Waals surface area contributed by atoms with Crippen LogP contribution in [-0.2, 0) is 10.0 Å². The monoisotopic (exact) mass is 851 g/mol. The summed E-state index contributed by atoms with van der Waals surface area (Å²) in [7, 11) is -4.53. The van der Waals surface area contributed by atoms with Gasteiger partial charge in [0.25, 0.3) is 21.6 Å². The van der Waals surface area contributed by atoms with Gasteiger partial charge in [0.1, 0.15) is 22.8 Å². The summed E-state index contributed by atoms with van der Waals surface area (Å²) in [6, 6.07) is 12.5. The Hall–Kier alpha value is -5.21. The first-order chi connectivity index (χ1) is 29.2. The lowest BCUT2D eigenvalue weighted by molar-refractivity contribution is -0.384. The molecule has 2 fully saturated rings. The van der Waals surface area contributed by atoms with E-state index in [-0.39, 0.29) is 22.7 Å². The number of pyridine rings is 1. The first-order valence-corrected chi connectivity index (χ1v) is 23.3. The lowest BCUT2D eigenvalue weighted by Crippen LogP contribution is -2.47. The van der Waals surface area contributed by atoms with Crippen molar-refractivity contribution in [1.29, 1.82) is 0 Å². The number of nitrogens with one attached hydrogen (secondary N) is 3. The number of nitro groups is 1. The van der Waals surface area contributed by atoms with E-state index in [1.54, 1.807) is 47.8 Å². The maximum absolute atomic E-state index is 13.9. The number of piperazine rings is 1. The van der Waals surface area contributed by atoms with Crippen LogP contribution < -0.4 is 19.7 Å². The Balaban J connectivity index is 1.08. The summed E-state index contributed by atoms with van der Waals surface area (Å²) < 4.78 is 35.9. The van der Waals surface area contributed by atoms with Crippen LogP contribution in [0.25, 0.3) is 11.0 Å². The Kier molecular flexibility index (Phi) is 13.5. The van der Waals surface area contributed by atoms with Crippen molar-refractivity contribution in [2.45, 2.75) is 96.8 Å². The van der Waals surface area contributed by atoms with Crippen LogP contribution >= 0.6 is 0 Å². The van der Waals surface area contributed by atoms with Gasteiger partial charge in [-0.2, -0.15) is 0 Å². The third kappa shape index (κ3) is 11.0. The molecule has 1 saturated heterocycles. The number of H-pyrrole nitrogens is 1. The largest absolute Gasteiger partial charge is 0.455 e. The highest BCUT2D eigenvalue weighted by atomic mass is 32.2. The third-order valence-corrected chi connectivity index (χ3v) is 14.3. The highest BCUT2D eigenvalue weighted by Crippen LogP contribution is 2.41. The van der Waals surface area contributed by atoms with Crippen molar-refractivity contribution in [3.63, 3.8) is 0 Å². The summed E-state index contributed by atoms with van der Waals surface area (Å²) in [6.45, 7) is 18.2. The van der Waals surface area contributed by atoms with Crippen molar-refractivity contribution in [3.8, 4) is 11.5 Å². The molecule has 2 aromatic carbocycles. The maximum Gasteiger partial charge on any atom is 0.293 e. The van der Waals surface area contributed by atoms with Crippen molar-refractivity contribution in [2.24, 2.45) is 17.3 Å². The minimum Gasteiger partial charge on any atom is -0.455 e. The van der Waals surface area contributed by atoms with Gasteiger partial charge in [0.2, 0.25) is 0 Å². The van der Waals surface area contributed by atoms with Crippen LogP contribution in [0.4, 0.5) is 17.1 Å². The Morgan fingerprint density at radius 1 is 1.05 bits per heavy atom. The van der Waals surface area contributed by atoms with E-state index in [9.17, 15) is 23.3 Å². The lowest BCUT2D eigenvalue weighted by Gasteiger charge is -2.39. The first kappa shape index (κ1) is 43.9. The number of sulfonamides is 1. The number of nitrogens with zero attached hydrogens (tertiary/aromatic N) is 4. The molecule has 2 aromatic heterocycles. The summed E-state index contributed by atoms with van der Waals surface area (Å²) in [4.78, 5) is 37.3. The first-order valence-electron chi connectivity index (χ1n) is 21.8. The highest BCUT2D eigenvalue weighted by molar-refractivity contribution is 7.90. The molecule has 0 radical (unpaired) electrons. The van der Waals surface area contributed by atoms with Crippen molar-refractivity contribution in [2.75, 3.05) is 49.5 Å². The van der Waals surface area contributed by atoms with Crippen molar-refractivity contribution >= 4 is 44.0 Å². The molecule has 326 valence electrons. The summed E-state index contributed by atoms with van der Waals surface area (Å²) in [5, 5.41) is 16.1. The molecule has 3 heterocycles.